The highest BCUT2D eigenvalue weighted by atomic mass is 16.2. The Kier molecular flexibility index (Phi) is 7.21. The molecule has 0 aliphatic carbocycles. The summed E-state index contributed by atoms with van der Waals surface area (Å²) in [7, 11) is 3.38. The number of amides is 1. The molecule has 1 atom stereocenters. The molecule has 0 saturated carbocycles. The van der Waals surface area contributed by atoms with E-state index >= 15 is 0 Å². The average Bonchev–Trinajstić information content (AvgIpc) is 2.89. The SMILES string of the molecule is Cc1ccccc1N/C(=N/C#N)N1CCN(c2cnc(C(=O)N(C)C)cn2)C(c2ccccc2)C1. The van der Waals surface area contributed by atoms with Gasteiger partial charge in [0.1, 0.15) is 11.5 Å². The summed E-state index contributed by atoms with van der Waals surface area (Å²) < 4.78 is 0. The second-order valence-corrected chi connectivity index (χ2v) is 8.50. The Morgan fingerprint density at radius 2 is 1.83 bits per heavy atom. The zero-order chi connectivity index (χ0) is 24.8. The summed E-state index contributed by atoms with van der Waals surface area (Å²) in [5, 5.41) is 12.7. The normalized spacial score (nSPS) is 15.9. The molecule has 0 bridgehead atoms. The molecule has 2 heterocycles. The predicted octanol–water partition coefficient (Wildman–Crippen LogP) is 3.30. The van der Waals surface area contributed by atoms with E-state index in [4.69, 9.17) is 0 Å². The molecule has 0 radical (unpaired) electrons. The van der Waals surface area contributed by atoms with Gasteiger partial charge in [-0.15, -0.1) is 4.99 Å². The van der Waals surface area contributed by atoms with Crippen LogP contribution in [0.5, 0.6) is 0 Å². The maximum Gasteiger partial charge on any atom is 0.273 e. The summed E-state index contributed by atoms with van der Waals surface area (Å²) >= 11 is 0. The number of aryl methyl sites for hydroxylation is 1. The molecule has 1 N–H and O–H groups in total. The van der Waals surface area contributed by atoms with Crippen LogP contribution in [0.3, 0.4) is 0 Å². The summed E-state index contributed by atoms with van der Waals surface area (Å²) in [6.45, 7) is 3.86. The van der Waals surface area contributed by atoms with E-state index in [9.17, 15) is 10.1 Å². The van der Waals surface area contributed by atoms with Crippen LogP contribution in [0, 0.1) is 18.4 Å². The van der Waals surface area contributed by atoms with Crippen molar-refractivity contribution in [1.29, 1.82) is 5.26 Å². The Morgan fingerprint density at radius 1 is 1.09 bits per heavy atom. The van der Waals surface area contributed by atoms with Gasteiger partial charge < -0.3 is 20.0 Å². The molecule has 1 fully saturated rings. The van der Waals surface area contributed by atoms with E-state index in [1.54, 1.807) is 20.3 Å². The fourth-order valence-electron chi connectivity index (χ4n) is 4.08. The van der Waals surface area contributed by atoms with Crippen molar-refractivity contribution in [2.75, 3.05) is 43.9 Å². The van der Waals surface area contributed by atoms with Crippen molar-refractivity contribution in [3.05, 3.63) is 83.8 Å². The molecule has 1 aromatic heterocycles. The largest absolute Gasteiger partial charge is 0.345 e. The van der Waals surface area contributed by atoms with Crippen LogP contribution in [-0.2, 0) is 0 Å². The van der Waals surface area contributed by atoms with Crippen molar-refractivity contribution in [3.8, 4) is 6.19 Å². The number of nitrogens with zero attached hydrogens (tertiary/aromatic N) is 7. The lowest BCUT2D eigenvalue weighted by Gasteiger charge is -2.43. The molecule has 0 spiro atoms. The number of hydrogen-bond acceptors (Lipinski definition) is 6. The van der Waals surface area contributed by atoms with Crippen LogP contribution in [0.4, 0.5) is 11.5 Å². The van der Waals surface area contributed by atoms with Gasteiger partial charge >= 0.3 is 0 Å². The number of para-hydroxylation sites is 1. The van der Waals surface area contributed by atoms with Gasteiger partial charge in [0.05, 0.1) is 18.4 Å². The number of benzene rings is 2. The first-order valence-corrected chi connectivity index (χ1v) is 11.4. The lowest BCUT2D eigenvalue weighted by molar-refractivity contribution is 0.0821. The average molecular weight is 469 g/mol. The van der Waals surface area contributed by atoms with E-state index in [1.165, 1.54) is 11.1 Å². The Morgan fingerprint density at radius 3 is 2.49 bits per heavy atom. The zero-order valence-electron chi connectivity index (χ0n) is 20.1. The van der Waals surface area contributed by atoms with Gasteiger partial charge in [0.2, 0.25) is 12.2 Å². The third-order valence-electron chi connectivity index (χ3n) is 5.97. The highest BCUT2D eigenvalue weighted by Crippen LogP contribution is 2.30. The summed E-state index contributed by atoms with van der Waals surface area (Å²) in [6, 6.07) is 18.0. The summed E-state index contributed by atoms with van der Waals surface area (Å²) in [5.74, 6) is 1.02. The Hall–Kier alpha value is -4.45. The minimum absolute atomic E-state index is 0.0581. The molecule has 3 aromatic rings. The van der Waals surface area contributed by atoms with Crippen molar-refractivity contribution < 1.29 is 4.79 Å². The second-order valence-electron chi connectivity index (χ2n) is 8.50. The number of hydrogen-bond donors (Lipinski definition) is 1. The molecule has 178 valence electrons. The molecule has 2 aromatic carbocycles. The van der Waals surface area contributed by atoms with Gasteiger partial charge in [-0.25, -0.2) is 9.97 Å². The van der Waals surface area contributed by atoms with Gasteiger partial charge in [0.15, 0.2) is 0 Å². The first-order valence-electron chi connectivity index (χ1n) is 11.4. The van der Waals surface area contributed by atoms with Crippen molar-refractivity contribution >= 4 is 23.4 Å². The molecular weight excluding hydrogens is 440 g/mol. The van der Waals surface area contributed by atoms with E-state index in [0.717, 1.165) is 16.8 Å². The van der Waals surface area contributed by atoms with Gasteiger partial charge in [-0.1, -0.05) is 48.5 Å². The first kappa shape index (κ1) is 23.7. The number of nitrogens with one attached hydrogen (secondary N) is 1. The molecule has 1 unspecified atom stereocenters. The van der Waals surface area contributed by atoms with Crippen LogP contribution >= 0.6 is 0 Å². The lowest BCUT2D eigenvalue weighted by atomic mass is 10.0. The van der Waals surface area contributed by atoms with Crippen LogP contribution in [0.25, 0.3) is 0 Å². The van der Waals surface area contributed by atoms with Gasteiger partial charge in [0.25, 0.3) is 5.91 Å². The molecule has 4 rings (SSSR count). The second kappa shape index (κ2) is 10.7. The number of carbonyl (C=O) groups excluding carboxylic acids is 1. The van der Waals surface area contributed by atoms with Gasteiger partial charge in [-0.2, -0.15) is 5.26 Å². The predicted molar refractivity (Wildman–Crippen MR) is 136 cm³/mol. The number of aliphatic imine (C=N–C) groups is 1. The number of nitriles is 1. The van der Waals surface area contributed by atoms with Gasteiger partial charge in [0, 0.05) is 39.4 Å². The van der Waals surface area contributed by atoms with E-state index < -0.39 is 0 Å². The van der Waals surface area contributed by atoms with E-state index in [1.807, 2.05) is 55.6 Å². The third kappa shape index (κ3) is 5.38. The third-order valence-corrected chi connectivity index (χ3v) is 5.97. The lowest BCUT2D eigenvalue weighted by Crippen LogP contribution is -2.52. The molecule has 1 aliphatic heterocycles. The topological polar surface area (TPSA) is 101 Å². The number of anilines is 2. The van der Waals surface area contributed by atoms with Gasteiger partial charge in [-0.05, 0) is 24.1 Å². The maximum absolute atomic E-state index is 12.2. The monoisotopic (exact) mass is 468 g/mol. The number of guanidine groups is 1. The van der Waals surface area contributed by atoms with Crippen LogP contribution in [0.2, 0.25) is 0 Å². The molecule has 9 nitrogen and oxygen atoms in total. The summed E-state index contributed by atoms with van der Waals surface area (Å²) in [6.07, 6.45) is 5.11. The number of rotatable bonds is 4. The minimum atomic E-state index is -0.187. The quantitative estimate of drug-likeness (QED) is 0.356. The fraction of sp³-hybridized carbons (Fsp3) is 0.269. The van der Waals surface area contributed by atoms with Crippen molar-refractivity contribution in [1.82, 2.24) is 19.8 Å². The van der Waals surface area contributed by atoms with E-state index in [0.29, 0.717) is 37.1 Å². The van der Waals surface area contributed by atoms with Crippen LogP contribution in [0.15, 0.2) is 72.0 Å². The number of aromatic nitrogens is 2. The fourth-order valence-corrected chi connectivity index (χ4v) is 4.08. The number of piperazine rings is 1. The first-order chi connectivity index (χ1) is 17.0. The summed E-state index contributed by atoms with van der Waals surface area (Å²) in [5.41, 5.74) is 3.39. The smallest absolute Gasteiger partial charge is 0.273 e. The molecule has 35 heavy (non-hydrogen) atoms. The Balaban J connectivity index is 1.62. The molecular formula is C26H28N8O. The number of carbonyl (C=O) groups is 1. The maximum atomic E-state index is 12.2. The van der Waals surface area contributed by atoms with Crippen molar-refractivity contribution in [2.45, 2.75) is 13.0 Å². The van der Waals surface area contributed by atoms with Crippen LogP contribution in [0.1, 0.15) is 27.7 Å². The molecule has 1 aliphatic rings. The van der Waals surface area contributed by atoms with Crippen LogP contribution in [-0.4, -0.2) is 65.4 Å². The molecule has 1 saturated heterocycles. The highest BCUT2D eigenvalue weighted by Gasteiger charge is 2.31. The molecule has 9 heteroatoms. The molecule has 1 amide bonds. The summed E-state index contributed by atoms with van der Waals surface area (Å²) in [4.78, 5) is 31.0. The Bertz CT molecular complexity index is 1230. The minimum Gasteiger partial charge on any atom is -0.345 e. The van der Waals surface area contributed by atoms with Crippen LogP contribution < -0.4 is 10.2 Å². The van der Waals surface area contributed by atoms with E-state index in [2.05, 4.69) is 42.2 Å². The Labute approximate surface area is 205 Å². The van der Waals surface area contributed by atoms with Crippen molar-refractivity contribution in [3.63, 3.8) is 0 Å². The standard InChI is InChI=1S/C26H28N8O/c1-19-9-7-8-12-21(19)31-26(30-18-27)33-13-14-34(23(17-33)20-10-5-4-6-11-20)24-16-28-22(15-29-24)25(35)32(2)3/h4-12,15-16,23H,13-14,17H2,1-3H3,(H,30,31). The van der Waals surface area contributed by atoms with Crippen molar-refractivity contribution in [2.24, 2.45) is 4.99 Å². The highest BCUT2D eigenvalue weighted by molar-refractivity contribution is 5.95. The zero-order valence-corrected chi connectivity index (χ0v) is 20.1. The van der Waals surface area contributed by atoms with Gasteiger partial charge in [-0.3, -0.25) is 4.79 Å². The van der Waals surface area contributed by atoms with E-state index in [-0.39, 0.29) is 11.9 Å².